The van der Waals surface area contributed by atoms with Crippen LogP contribution in [0.3, 0.4) is 0 Å². The minimum atomic E-state index is 0.0318. The molecule has 2 aromatic rings. The molecule has 82 valence electrons. The predicted octanol–water partition coefficient (Wildman–Crippen LogP) is 1.40. The van der Waals surface area contributed by atoms with Crippen LogP contribution in [-0.2, 0) is 6.42 Å². The molecule has 4 heteroatoms. The van der Waals surface area contributed by atoms with Crippen molar-refractivity contribution in [3.63, 3.8) is 0 Å². The van der Waals surface area contributed by atoms with Gasteiger partial charge >= 0.3 is 0 Å². The van der Waals surface area contributed by atoms with Gasteiger partial charge in [0, 0.05) is 24.5 Å². The summed E-state index contributed by atoms with van der Waals surface area (Å²) in [4.78, 5) is 11.6. The number of aromatic amines is 1. The molecule has 0 aliphatic heterocycles. The molecule has 0 aliphatic carbocycles. The number of aliphatic hydroxyl groups is 1. The molecule has 0 aromatic carbocycles. The highest BCUT2D eigenvalue weighted by atomic mass is 16.2. The van der Waals surface area contributed by atoms with Crippen LogP contribution < -0.4 is 0 Å². The van der Waals surface area contributed by atoms with Gasteiger partial charge in [0.1, 0.15) is 5.82 Å². The molecule has 0 saturated carbocycles. The van der Waals surface area contributed by atoms with E-state index in [2.05, 4.69) is 15.0 Å². The van der Waals surface area contributed by atoms with Gasteiger partial charge in [-0.25, -0.2) is 4.98 Å². The first-order chi connectivity index (χ1) is 7.88. The highest BCUT2D eigenvalue weighted by Crippen LogP contribution is 2.05. The normalized spacial score (nSPS) is 11.1. The maximum atomic E-state index is 8.67. The molecule has 2 aromatic heterocycles. The van der Waals surface area contributed by atoms with Crippen molar-refractivity contribution >= 4 is 6.08 Å². The van der Waals surface area contributed by atoms with E-state index in [1.54, 1.807) is 24.5 Å². The van der Waals surface area contributed by atoms with Crippen LogP contribution in [0.5, 0.6) is 0 Å². The van der Waals surface area contributed by atoms with E-state index in [-0.39, 0.29) is 6.61 Å². The molecule has 2 N–H and O–H groups in total. The fraction of sp³-hybridized carbons (Fsp3) is 0.167. The minimum absolute atomic E-state index is 0.0318. The summed E-state index contributed by atoms with van der Waals surface area (Å²) in [6.07, 6.45) is 7.67. The number of pyridine rings is 1. The number of hydrogen-bond acceptors (Lipinski definition) is 3. The average molecular weight is 215 g/mol. The second kappa shape index (κ2) is 5.23. The molecule has 16 heavy (non-hydrogen) atoms. The first-order valence-electron chi connectivity index (χ1n) is 5.10. The Morgan fingerprint density at radius 1 is 1.38 bits per heavy atom. The lowest BCUT2D eigenvalue weighted by Crippen LogP contribution is -1.95. The van der Waals surface area contributed by atoms with Gasteiger partial charge < -0.3 is 10.1 Å². The fourth-order valence-electron chi connectivity index (χ4n) is 1.43. The van der Waals surface area contributed by atoms with Crippen LogP contribution in [0.4, 0.5) is 0 Å². The lowest BCUT2D eigenvalue weighted by Gasteiger charge is -1.99. The quantitative estimate of drug-likeness (QED) is 0.810. The number of imidazole rings is 1. The van der Waals surface area contributed by atoms with Crippen molar-refractivity contribution in [2.24, 2.45) is 0 Å². The lowest BCUT2D eigenvalue weighted by molar-refractivity contribution is 0.343. The van der Waals surface area contributed by atoms with Crippen molar-refractivity contribution in [3.8, 4) is 0 Å². The topological polar surface area (TPSA) is 61.8 Å². The number of aromatic nitrogens is 3. The second-order valence-corrected chi connectivity index (χ2v) is 3.35. The smallest absolute Gasteiger partial charge is 0.112 e. The highest BCUT2D eigenvalue weighted by Gasteiger charge is 1.99. The van der Waals surface area contributed by atoms with Gasteiger partial charge in [0.2, 0.25) is 0 Å². The number of hydrogen-bond donors (Lipinski definition) is 2. The van der Waals surface area contributed by atoms with Crippen LogP contribution in [0.15, 0.2) is 36.7 Å². The Morgan fingerprint density at radius 3 is 3.06 bits per heavy atom. The third-order valence-corrected chi connectivity index (χ3v) is 2.13. The zero-order chi connectivity index (χ0) is 11.2. The molecule has 0 radical (unpaired) electrons. The van der Waals surface area contributed by atoms with Gasteiger partial charge in [-0.1, -0.05) is 12.1 Å². The monoisotopic (exact) mass is 215 g/mol. The largest absolute Gasteiger partial charge is 0.392 e. The van der Waals surface area contributed by atoms with Gasteiger partial charge in [-0.05, 0) is 18.2 Å². The summed E-state index contributed by atoms with van der Waals surface area (Å²) in [5.74, 6) is 0.899. The van der Waals surface area contributed by atoms with Crippen LogP contribution >= 0.6 is 0 Å². The maximum Gasteiger partial charge on any atom is 0.112 e. The van der Waals surface area contributed by atoms with Gasteiger partial charge in [-0.15, -0.1) is 0 Å². The Kier molecular flexibility index (Phi) is 3.46. The van der Waals surface area contributed by atoms with Gasteiger partial charge in [0.05, 0.1) is 12.3 Å². The van der Waals surface area contributed by atoms with Gasteiger partial charge in [-0.2, -0.15) is 0 Å². The van der Waals surface area contributed by atoms with Crippen molar-refractivity contribution in [1.29, 1.82) is 0 Å². The van der Waals surface area contributed by atoms with Crippen molar-refractivity contribution < 1.29 is 5.11 Å². The first-order valence-corrected chi connectivity index (χ1v) is 5.10. The van der Waals surface area contributed by atoms with E-state index >= 15 is 0 Å². The van der Waals surface area contributed by atoms with E-state index < -0.39 is 0 Å². The minimum Gasteiger partial charge on any atom is -0.392 e. The molecule has 0 amide bonds. The highest BCUT2D eigenvalue weighted by molar-refractivity contribution is 5.44. The number of H-pyrrole nitrogens is 1. The summed E-state index contributed by atoms with van der Waals surface area (Å²) in [5, 5.41) is 8.67. The number of aliphatic hydroxyl groups excluding tert-OH is 1. The summed E-state index contributed by atoms with van der Waals surface area (Å²) in [7, 11) is 0. The summed E-state index contributed by atoms with van der Waals surface area (Å²) in [6, 6.07) is 5.80. The number of rotatable bonds is 4. The van der Waals surface area contributed by atoms with Crippen molar-refractivity contribution in [1.82, 2.24) is 15.0 Å². The third kappa shape index (κ3) is 2.77. The van der Waals surface area contributed by atoms with Crippen molar-refractivity contribution in [2.75, 3.05) is 6.61 Å². The van der Waals surface area contributed by atoms with Crippen molar-refractivity contribution in [2.45, 2.75) is 6.42 Å². The van der Waals surface area contributed by atoms with Crippen molar-refractivity contribution in [3.05, 3.63) is 53.9 Å². The summed E-state index contributed by atoms with van der Waals surface area (Å²) >= 11 is 0. The maximum absolute atomic E-state index is 8.67. The third-order valence-electron chi connectivity index (χ3n) is 2.13. The van der Waals surface area contributed by atoms with E-state index in [1.807, 2.05) is 18.2 Å². The Morgan fingerprint density at radius 2 is 2.31 bits per heavy atom. The van der Waals surface area contributed by atoms with Gasteiger partial charge in [0.15, 0.2) is 0 Å². The molecular weight excluding hydrogens is 202 g/mol. The Balaban J connectivity index is 2.13. The molecule has 2 heterocycles. The van der Waals surface area contributed by atoms with Crippen LogP contribution in [0.2, 0.25) is 0 Å². The van der Waals surface area contributed by atoms with Crippen LogP contribution in [0.25, 0.3) is 6.08 Å². The van der Waals surface area contributed by atoms with Gasteiger partial charge in [0.25, 0.3) is 0 Å². The summed E-state index contributed by atoms with van der Waals surface area (Å²) in [6.45, 7) is 0.0318. The second-order valence-electron chi connectivity index (χ2n) is 3.35. The molecule has 0 aliphatic rings. The van der Waals surface area contributed by atoms with E-state index in [1.165, 1.54) is 0 Å². The van der Waals surface area contributed by atoms with Crippen LogP contribution in [-0.4, -0.2) is 26.7 Å². The summed E-state index contributed by atoms with van der Waals surface area (Å²) < 4.78 is 0. The number of nitrogens with zero attached hydrogens (tertiary/aromatic N) is 2. The molecule has 0 spiro atoms. The molecule has 0 unspecified atom stereocenters. The molecule has 0 saturated heterocycles. The molecule has 4 nitrogen and oxygen atoms in total. The fourth-order valence-corrected chi connectivity index (χ4v) is 1.43. The van der Waals surface area contributed by atoms with Gasteiger partial charge in [-0.3, -0.25) is 4.98 Å². The lowest BCUT2D eigenvalue weighted by atomic mass is 10.2. The molecule has 0 atom stereocenters. The average Bonchev–Trinajstić information content (AvgIpc) is 2.80. The van der Waals surface area contributed by atoms with E-state index in [4.69, 9.17) is 5.11 Å². The predicted molar refractivity (Wildman–Crippen MR) is 61.8 cm³/mol. The Hall–Kier alpha value is -1.94. The number of nitrogens with one attached hydrogen (secondary N) is 1. The zero-order valence-electron chi connectivity index (χ0n) is 8.80. The standard InChI is InChI=1S/C12H13N3O/c16-8-2-5-10-3-1-4-11(15-10)9-12-13-6-7-14-12/h1-7,16H,8-9H2,(H,13,14). The van der Waals surface area contributed by atoms with E-state index in [0.717, 1.165) is 17.2 Å². The van der Waals surface area contributed by atoms with E-state index in [9.17, 15) is 0 Å². The SMILES string of the molecule is OCC=Cc1cccc(Cc2ncc[nH]2)n1. The molecule has 0 fully saturated rings. The summed E-state index contributed by atoms with van der Waals surface area (Å²) in [5.41, 5.74) is 1.80. The Bertz CT molecular complexity index is 463. The Labute approximate surface area is 93.7 Å². The van der Waals surface area contributed by atoms with Crippen LogP contribution in [0.1, 0.15) is 17.2 Å². The molecule has 2 rings (SSSR count). The molecular formula is C12H13N3O. The molecule has 0 bridgehead atoms. The van der Waals surface area contributed by atoms with Crippen LogP contribution in [0, 0.1) is 0 Å². The zero-order valence-corrected chi connectivity index (χ0v) is 8.80. The van der Waals surface area contributed by atoms with E-state index in [0.29, 0.717) is 6.42 Å². The first kappa shape index (κ1) is 10.6.